The van der Waals surface area contributed by atoms with E-state index in [1.807, 2.05) is 0 Å². The van der Waals surface area contributed by atoms with Gasteiger partial charge in [-0.3, -0.25) is 0 Å². The summed E-state index contributed by atoms with van der Waals surface area (Å²) in [5, 5.41) is 3.40. The molecule has 0 saturated carbocycles. The van der Waals surface area contributed by atoms with E-state index in [0.29, 0.717) is 18.2 Å². The van der Waals surface area contributed by atoms with Gasteiger partial charge in [0, 0.05) is 0 Å². The molecule has 9 heavy (non-hydrogen) atoms. The van der Waals surface area contributed by atoms with Gasteiger partial charge in [0.15, 0.2) is 0 Å². The highest BCUT2D eigenvalue weighted by atomic mass is 16.6. The lowest BCUT2D eigenvalue weighted by molar-refractivity contribution is 0.0632. The lowest BCUT2D eigenvalue weighted by Gasteiger charge is -2.21. The van der Waals surface area contributed by atoms with Crippen molar-refractivity contribution in [2.45, 2.75) is 18.2 Å². The lowest BCUT2D eigenvalue weighted by Crippen LogP contribution is -2.44. The first kappa shape index (κ1) is 4.66. The van der Waals surface area contributed by atoms with Crippen LogP contribution in [0.4, 0.5) is 0 Å². The van der Waals surface area contributed by atoms with Gasteiger partial charge >= 0.3 is 0 Å². The highest BCUT2D eigenvalue weighted by Crippen LogP contribution is 2.39. The Bertz CT molecular complexity index is 134. The summed E-state index contributed by atoms with van der Waals surface area (Å²) in [6, 6.07) is 0.896. The molecular weight excluding hydrogens is 118 g/mol. The van der Waals surface area contributed by atoms with E-state index in [1.165, 1.54) is 0 Å². The fraction of sp³-hybridized carbons (Fsp3) is 0.833. The Morgan fingerprint density at radius 3 is 3.00 bits per heavy atom. The van der Waals surface area contributed by atoms with Crippen LogP contribution < -0.4 is 5.32 Å². The van der Waals surface area contributed by atoms with Gasteiger partial charge in [-0.1, -0.05) is 0 Å². The zero-order valence-electron chi connectivity index (χ0n) is 4.96. The molecule has 3 aliphatic rings. The summed E-state index contributed by atoms with van der Waals surface area (Å²) in [6.45, 7) is 1.63. The van der Waals surface area contributed by atoms with E-state index in [9.17, 15) is 0 Å². The molecule has 0 aliphatic carbocycles. The van der Waals surface area contributed by atoms with E-state index >= 15 is 0 Å². The first-order valence-electron chi connectivity index (χ1n) is 3.32. The van der Waals surface area contributed by atoms with Crippen LogP contribution in [-0.2, 0) is 9.47 Å². The smallest absolute Gasteiger partial charge is 0.146 e. The summed E-state index contributed by atoms with van der Waals surface area (Å²) in [4.78, 5) is 0. The molecule has 49 valence electrons. The Labute approximate surface area is 53.3 Å². The normalized spacial score (nSPS) is 55.3. The van der Waals surface area contributed by atoms with Crippen LogP contribution in [-0.4, -0.2) is 31.4 Å². The fourth-order valence-electron chi connectivity index (χ4n) is 1.86. The Morgan fingerprint density at radius 2 is 2.44 bits per heavy atom. The van der Waals surface area contributed by atoms with Crippen LogP contribution >= 0.6 is 0 Å². The van der Waals surface area contributed by atoms with Gasteiger partial charge in [-0.2, -0.15) is 0 Å². The van der Waals surface area contributed by atoms with Crippen molar-refractivity contribution in [1.29, 1.82) is 0 Å². The van der Waals surface area contributed by atoms with Crippen molar-refractivity contribution in [2.24, 2.45) is 0 Å². The molecule has 3 fully saturated rings. The van der Waals surface area contributed by atoms with Gasteiger partial charge in [-0.25, -0.2) is 0 Å². The summed E-state index contributed by atoms with van der Waals surface area (Å²) in [5.41, 5.74) is 0. The Hall–Kier alpha value is -0.120. The SMILES string of the molecule is C1OC2[C]3OCC2NC13. The molecule has 3 nitrogen and oxygen atoms in total. The molecule has 0 aromatic rings. The van der Waals surface area contributed by atoms with Crippen LogP contribution in [0.15, 0.2) is 0 Å². The van der Waals surface area contributed by atoms with E-state index in [0.717, 1.165) is 19.3 Å². The number of hydrogen-bond donors (Lipinski definition) is 1. The lowest BCUT2D eigenvalue weighted by atomic mass is 10.2. The van der Waals surface area contributed by atoms with Crippen molar-refractivity contribution in [1.82, 2.24) is 5.32 Å². The van der Waals surface area contributed by atoms with Crippen LogP contribution in [0.25, 0.3) is 0 Å². The van der Waals surface area contributed by atoms with Crippen molar-refractivity contribution in [3.63, 3.8) is 0 Å². The Kier molecular flexibility index (Phi) is 0.678. The summed E-state index contributed by atoms with van der Waals surface area (Å²) in [5.74, 6) is 0. The van der Waals surface area contributed by atoms with Gasteiger partial charge in [0.25, 0.3) is 0 Å². The predicted molar refractivity (Wildman–Crippen MR) is 29.6 cm³/mol. The van der Waals surface area contributed by atoms with Crippen LogP contribution in [0.3, 0.4) is 0 Å². The summed E-state index contributed by atoms with van der Waals surface area (Å²) >= 11 is 0. The van der Waals surface area contributed by atoms with Crippen molar-refractivity contribution < 1.29 is 9.47 Å². The van der Waals surface area contributed by atoms with E-state index < -0.39 is 0 Å². The average Bonchev–Trinajstić information content (AvgIpc) is 2.50. The van der Waals surface area contributed by atoms with Crippen LogP contribution in [0.1, 0.15) is 0 Å². The molecule has 3 saturated heterocycles. The zero-order chi connectivity index (χ0) is 5.84. The maximum Gasteiger partial charge on any atom is 0.146 e. The van der Waals surface area contributed by atoms with Crippen LogP contribution in [0.5, 0.6) is 0 Å². The minimum absolute atomic E-state index is 0.301. The van der Waals surface area contributed by atoms with Crippen LogP contribution in [0.2, 0.25) is 0 Å². The van der Waals surface area contributed by atoms with Gasteiger partial charge in [0.2, 0.25) is 0 Å². The standard InChI is InChI=1S/C6H8NO2/c1-3-5-6(8-1)4(7-3)2-9-5/h3-5,7H,1-2H2. The van der Waals surface area contributed by atoms with Gasteiger partial charge in [-0.15, -0.1) is 0 Å². The third-order valence-corrected chi connectivity index (χ3v) is 2.28. The van der Waals surface area contributed by atoms with Gasteiger partial charge in [-0.05, 0) is 0 Å². The minimum Gasteiger partial charge on any atom is -0.372 e. The molecular formula is C6H8NO2. The van der Waals surface area contributed by atoms with Crippen molar-refractivity contribution in [2.75, 3.05) is 13.2 Å². The monoisotopic (exact) mass is 126 g/mol. The van der Waals surface area contributed by atoms with E-state index in [-0.39, 0.29) is 0 Å². The van der Waals surface area contributed by atoms with Gasteiger partial charge in [0.05, 0.1) is 25.3 Å². The number of morpholine rings is 2. The largest absolute Gasteiger partial charge is 0.372 e. The zero-order valence-corrected chi connectivity index (χ0v) is 4.96. The summed E-state index contributed by atoms with van der Waals surface area (Å²) < 4.78 is 10.8. The molecule has 3 heterocycles. The molecule has 3 unspecified atom stereocenters. The van der Waals surface area contributed by atoms with E-state index in [1.54, 1.807) is 0 Å². The van der Waals surface area contributed by atoms with Gasteiger partial charge < -0.3 is 14.8 Å². The number of nitrogens with one attached hydrogen (secondary N) is 1. The van der Waals surface area contributed by atoms with Crippen molar-refractivity contribution >= 4 is 0 Å². The van der Waals surface area contributed by atoms with E-state index in [4.69, 9.17) is 9.47 Å². The van der Waals surface area contributed by atoms with E-state index in [2.05, 4.69) is 5.32 Å². The maximum atomic E-state index is 5.41. The predicted octanol–water partition coefficient (Wildman–Crippen LogP) is -0.712. The van der Waals surface area contributed by atoms with Crippen molar-refractivity contribution in [3.8, 4) is 0 Å². The fourth-order valence-corrected chi connectivity index (χ4v) is 1.86. The molecule has 3 atom stereocenters. The summed E-state index contributed by atoms with van der Waals surface area (Å²) in [7, 11) is 0. The average molecular weight is 126 g/mol. The Morgan fingerprint density at radius 1 is 1.44 bits per heavy atom. The molecule has 1 N–H and O–H groups in total. The molecule has 0 spiro atoms. The second-order valence-corrected chi connectivity index (χ2v) is 2.79. The highest BCUT2D eigenvalue weighted by Gasteiger charge is 2.55. The van der Waals surface area contributed by atoms with Crippen molar-refractivity contribution in [3.05, 3.63) is 6.10 Å². The molecule has 3 heteroatoms. The maximum absolute atomic E-state index is 5.41. The number of ether oxygens (including phenoxy) is 2. The third-order valence-electron chi connectivity index (χ3n) is 2.28. The Balaban J connectivity index is 2.02. The quantitative estimate of drug-likeness (QED) is 0.465. The molecule has 3 aliphatic heterocycles. The topological polar surface area (TPSA) is 30.5 Å². The molecule has 0 aromatic heterocycles. The third kappa shape index (κ3) is 0.407. The number of rotatable bonds is 0. The number of hydrogen-bond acceptors (Lipinski definition) is 3. The highest BCUT2D eigenvalue weighted by molar-refractivity contribution is 5.20. The first-order chi connectivity index (χ1) is 4.45. The first-order valence-corrected chi connectivity index (χ1v) is 3.32. The minimum atomic E-state index is 0.301. The molecule has 0 amide bonds. The summed E-state index contributed by atoms with van der Waals surface area (Å²) in [6.07, 6.45) is 1.45. The molecule has 4 bridgehead atoms. The second-order valence-electron chi connectivity index (χ2n) is 2.79. The molecule has 1 radical (unpaired) electrons. The van der Waals surface area contributed by atoms with Gasteiger partial charge in [0.1, 0.15) is 12.2 Å². The molecule has 3 rings (SSSR count). The molecule has 0 aromatic carbocycles. The van der Waals surface area contributed by atoms with Crippen LogP contribution in [0, 0.1) is 6.10 Å². The second kappa shape index (κ2) is 1.31.